The minimum Gasteiger partial charge on any atom is -0.478 e. The molecule has 17 nitrogen and oxygen atoms in total. The highest BCUT2D eigenvalue weighted by molar-refractivity contribution is 5.95. The average molecular weight is 615 g/mol. The van der Waals surface area contributed by atoms with Crippen LogP contribution in [0.2, 0.25) is 0 Å². The van der Waals surface area contributed by atoms with E-state index < -0.39 is 47.3 Å². The van der Waals surface area contributed by atoms with Gasteiger partial charge in [0.25, 0.3) is 0 Å². The van der Waals surface area contributed by atoms with Crippen LogP contribution < -0.4 is 11.5 Å². The summed E-state index contributed by atoms with van der Waals surface area (Å²) in [4.78, 5) is 53.9. The van der Waals surface area contributed by atoms with E-state index in [4.69, 9.17) is 37.1 Å². The summed E-state index contributed by atoms with van der Waals surface area (Å²) < 4.78 is 10.3. The molecule has 0 aromatic carbocycles. The van der Waals surface area contributed by atoms with Crippen molar-refractivity contribution in [3.63, 3.8) is 0 Å². The van der Waals surface area contributed by atoms with E-state index in [1.807, 2.05) is 6.92 Å². The lowest BCUT2D eigenvalue weighted by Gasteiger charge is -2.28. The fourth-order valence-corrected chi connectivity index (χ4v) is 3.26. The molecule has 3 amide bonds. The number of amides is 3. The number of carbonyl (C=O) groups is 4. The Labute approximate surface area is 253 Å². The number of aliphatic carboxylic acids is 1. The van der Waals surface area contributed by atoms with Gasteiger partial charge in [0, 0.05) is 18.0 Å². The first-order valence-corrected chi connectivity index (χ1v) is 14.3. The van der Waals surface area contributed by atoms with Crippen LogP contribution in [0.1, 0.15) is 99.8 Å². The second-order valence-corrected chi connectivity index (χ2v) is 11.5. The number of carbonyl (C=O) groups excluding carboxylic acids is 3. The van der Waals surface area contributed by atoms with Gasteiger partial charge in [-0.25, -0.2) is 14.5 Å². The van der Waals surface area contributed by atoms with Crippen molar-refractivity contribution >= 4 is 24.1 Å². The van der Waals surface area contributed by atoms with Gasteiger partial charge in [-0.05, 0) is 97.4 Å². The Morgan fingerprint density at radius 2 is 1.47 bits per heavy atom. The van der Waals surface area contributed by atoms with E-state index >= 15 is 0 Å². The first-order chi connectivity index (χ1) is 19.9. The van der Waals surface area contributed by atoms with Gasteiger partial charge in [-0.3, -0.25) is 4.79 Å². The summed E-state index contributed by atoms with van der Waals surface area (Å²) in [5.41, 5.74) is 26.5. The lowest BCUT2D eigenvalue weighted by molar-refractivity contribution is -0.143. The van der Waals surface area contributed by atoms with Gasteiger partial charge in [0.2, 0.25) is 11.9 Å². The minimum absolute atomic E-state index is 0.199. The molecular weight excluding hydrogens is 564 g/mol. The fraction of sp³-hybridized carbons (Fsp3) is 0.846. The number of ether oxygens (including phenoxy) is 2. The molecule has 2 atom stereocenters. The zero-order valence-electron chi connectivity index (χ0n) is 26.6. The average Bonchev–Trinajstić information content (AvgIpc) is 2.88. The molecule has 5 N–H and O–H groups in total. The van der Waals surface area contributed by atoms with Crippen molar-refractivity contribution in [3.05, 3.63) is 20.9 Å². The van der Waals surface area contributed by atoms with Crippen molar-refractivity contribution in [1.29, 1.82) is 0 Å². The van der Waals surface area contributed by atoms with E-state index in [1.165, 1.54) is 0 Å². The number of hydrogen-bond donors (Lipinski definition) is 3. The number of imide groups is 1. The molecule has 246 valence electrons. The molecule has 0 rings (SSSR count). The quantitative estimate of drug-likeness (QED) is 0.0660. The maximum absolute atomic E-state index is 12.5. The lowest BCUT2D eigenvalue weighted by Crippen LogP contribution is -2.48. The Hall–Kier alpha value is -3.78. The predicted octanol–water partition coefficient (Wildman–Crippen LogP) is 5.39. The van der Waals surface area contributed by atoms with Gasteiger partial charge in [-0.1, -0.05) is 24.9 Å². The summed E-state index contributed by atoms with van der Waals surface area (Å²) in [6.45, 7) is 13.1. The van der Waals surface area contributed by atoms with Crippen LogP contribution >= 0.6 is 0 Å². The SMILES string of the molecule is CC(C)(C)OC(=O)N(CCCCN)C(=O)[C@H](N)CCCCN=[N+]=[N-].CCCCC(C(=O)O)N(N=[N+]=[N-])C(=O)OC(C)(C)C. The molecule has 0 aliphatic rings. The molecule has 0 saturated carbocycles. The highest BCUT2D eigenvalue weighted by Crippen LogP contribution is 2.17. The predicted molar refractivity (Wildman–Crippen MR) is 160 cm³/mol. The smallest absolute Gasteiger partial charge is 0.478 e. The van der Waals surface area contributed by atoms with Crippen LogP contribution in [0.3, 0.4) is 0 Å². The highest BCUT2D eigenvalue weighted by atomic mass is 16.6. The molecule has 17 heteroatoms. The summed E-state index contributed by atoms with van der Waals surface area (Å²) in [5.74, 6) is -1.68. The van der Waals surface area contributed by atoms with Gasteiger partial charge in [-0.2, -0.15) is 9.71 Å². The number of carboxylic acid groups (broad SMARTS) is 1. The van der Waals surface area contributed by atoms with Crippen LogP contribution in [0.4, 0.5) is 9.59 Å². The van der Waals surface area contributed by atoms with E-state index in [-0.39, 0.29) is 13.0 Å². The summed E-state index contributed by atoms with van der Waals surface area (Å²) in [6.07, 6.45) is 2.91. The van der Waals surface area contributed by atoms with E-state index in [9.17, 15) is 19.2 Å². The second-order valence-electron chi connectivity index (χ2n) is 11.5. The topological polar surface area (TPSA) is 263 Å². The van der Waals surface area contributed by atoms with E-state index in [2.05, 4.69) is 20.2 Å². The third-order valence-electron chi connectivity index (χ3n) is 5.25. The van der Waals surface area contributed by atoms with Gasteiger partial charge in [0.15, 0.2) is 0 Å². The molecule has 0 aromatic rings. The minimum atomic E-state index is -1.23. The maximum Gasteiger partial charge on any atom is 0.511 e. The monoisotopic (exact) mass is 614 g/mol. The Bertz CT molecular complexity index is 968. The molecule has 0 bridgehead atoms. The van der Waals surface area contributed by atoms with Gasteiger partial charge in [0.1, 0.15) is 11.2 Å². The van der Waals surface area contributed by atoms with E-state index in [0.29, 0.717) is 56.6 Å². The van der Waals surface area contributed by atoms with E-state index in [0.717, 1.165) is 11.3 Å². The number of hydrogen-bond acceptors (Lipinski definition) is 10. The van der Waals surface area contributed by atoms with Crippen LogP contribution in [0.25, 0.3) is 20.9 Å². The van der Waals surface area contributed by atoms with Gasteiger partial charge in [0.05, 0.1) is 6.04 Å². The zero-order valence-corrected chi connectivity index (χ0v) is 26.6. The summed E-state index contributed by atoms with van der Waals surface area (Å²) in [7, 11) is 0. The van der Waals surface area contributed by atoms with Gasteiger partial charge >= 0.3 is 18.2 Å². The first kappa shape index (κ1) is 41.4. The lowest BCUT2D eigenvalue weighted by atomic mass is 10.1. The molecule has 0 fully saturated rings. The number of nitrogens with zero attached hydrogens (tertiary/aromatic N) is 8. The Morgan fingerprint density at radius 1 is 0.884 bits per heavy atom. The van der Waals surface area contributed by atoms with Crippen LogP contribution in [-0.4, -0.2) is 82.0 Å². The summed E-state index contributed by atoms with van der Waals surface area (Å²) >= 11 is 0. The van der Waals surface area contributed by atoms with Crippen molar-refractivity contribution < 1.29 is 33.8 Å². The van der Waals surface area contributed by atoms with Crippen LogP contribution in [0, 0.1) is 0 Å². The van der Waals surface area contributed by atoms with Gasteiger partial charge < -0.3 is 26.0 Å². The van der Waals surface area contributed by atoms with Gasteiger partial charge in [-0.15, -0.1) is 10.5 Å². The summed E-state index contributed by atoms with van der Waals surface area (Å²) in [6, 6.07) is -2.01. The third kappa shape index (κ3) is 20.7. The first-order valence-electron chi connectivity index (χ1n) is 14.3. The van der Waals surface area contributed by atoms with Crippen LogP contribution in [-0.2, 0) is 19.1 Å². The third-order valence-corrected chi connectivity index (χ3v) is 5.25. The molecule has 0 heterocycles. The molecule has 0 saturated heterocycles. The van der Waals surface area contributed by atoms with Crippen LogP contribution in [0.5, 0.6) is 0 Å². The molecule has 1 unspecified atom stereocenters. The molecule has 0 spiro atoms. The van der Waals surface area contributed by atoms with Crippen molar-refractivity contribution in [2.24, 2.45) is 21.8 Å². The Morgan fingerprint density at radius 3 is 1.93 bits per heavy atom. The normalized spacial score (nSPS) is 12.2. The number of carboxylic acids is 1. The zero-order chi connectivity index (χ0) is 33.6. The largest absolute Gasteiger partial charge is 0.511 e. The maximum atomic E-state index is 12.5. The molecule has 43 heavy (non-hydrogen) atoms. The summed E-state index contributed by atoms with van der Waals surface area (Å²) in [5, 5.41) is 16.2. The number of rotatable bonds is 16. The highest BCUT2D eigenvalue weighted by Gasteiger charge is 2.37. The number of nitrogens with two attached hydrogens (primary N) is 2. The van der Waals surface area contributed by atoms with E-state index in [1.54, 1.807) is 41.5 Å². The standard InChI is InChI=1S/C15H30N6O3.C11H20N4O4/c1-15(2,3)24-14(23)21(11-7-5-9-16)13(22)12(17)8-4-6-10-19-20-18;1-5-6-7-8(9(16)17)15(14-13-12)10(18)19-11(2,3)4/h12H,4-11,16-17H2,1-3H3;8H,5-7H2,1-4H3,(H,16,17)/t12-;/m1./s1. The molecule has 0 aliphatic carbocycles. The van der Waals surface area contributed by atoms with Crippen molar-refractivity contribution in [3.8, 4) is 0 Å². The number of unbranched alkanes of at least 4 members (excludes halogenated alkanes) is 3. The number of azide groups is 2. The van der Waals surface area contributed by atoms with Crippen molar-refractivity contribution in [2.45, 2.75) is 123 Å². The molecular formula is C26H50N10O7. The van der Waals surface area contributed by atoms with Crippen LogP contribution in [0.15, 0.2) is 10.3 Å². The second kappa shape index (κ2) is 21.9. The Balaban J connectivity index is 0. The molecule has 0 aromatic heterocycles. The van der Waals surface area contributed by atoms with Crippen molar-refractivity contribution in [2.75, 3.05) is 19.6 Å². The molecule has 0 aliphatic heterocycles. The van der Waals surface area contributed by atoms with Crippen molar-refractivity contribution in [1.82, 2.24) is 9.91 Å². The fourth-order valence-electron chi connectivity index (χ4n) is 3.26. The Kier molecular flexibility index (Phi) is 21.0. The molecule has 0 radical (unpaired) electrons.